The van der Waals surface area contributed by atoms with Gasteiger partial charge in [-0.2, -0.15) is 0 Å². The molecule has 1 saturated heterocycles. The first-order valence-electron chi connectivity index (χ1n) is 3.88. The van der Waals surface area contributed by atoms with E-state index in [1.54, 1.807) is 0 Å². The van der Waals surface area contributed by atoms with Gasteiger partial charge in [0.05, 0.1) is 12.2 Å². The molecule has 0 aromatic heterocycles. The van der Waals surface area contributed by atoms with Gasteiger partial charge in [-0.1, -0.05) is 34.2 Å². The van der Waals surface area contributed by atoms with E-state index < -0.39 is 0 Å². The van der Waals surface area contributed by atoms with Gasteiger partial charge in [-0.25, -0.2) is 0 Å². The molecular weight excluding hydrogens is 204 g/mol. The van der Waals surface area contributed by atoms with E-state index in [1.807, 2.05) is 0 Å². The standard InChI is InChI=1S/C9H11BrO/c1-9(6-11-9)7-2-4-8(10)5-3-7/h2,4-5,7H,3,6H2,1H3. The van der Waals surface area contributed by atoms with Crippen LogP contribution in [0.3, 0.4) is 0 Å². The number of halogens is 1. The van der Waals surface area contributed by atoms with Gasteiger partial charge in [0.1, 0.15) is 0 Å². The van der Waals surface area contributed by atoms with Crippen molar-refractivity contribution in [3.8, 4) is 0 Å². The average Bonchev–Trinajstić information content (AvgIpc) is 2.70. The summed E-state index contributed by atoms with van der Waals surface area (Å²) in [6, 6.07) is 0. The minimum Gasteiger partial charge on any atom is -0.369 e. The molecule has 0 spiro atoms. The number of ether oxygens (including phenoxy) is 1. The molecular formula is C9H11BrO. The van der Waals surface area contributed by atoms with Gasteiger partial charge in [-0.3, -0.25) is 0 Å². The average molecular weight is 215 g/mol. The van der Waals surface area contributed by atoms with Crippen molar-refractivity contribution in [2.24, 2.45) is 5.92 Å². The van der Waals surface area contributed by atoms with Crippen LogP contribution in [-0.4, -0.2) is 12.2 Å². The van der Waals surface area contributed by atoms with Crippen LogP contribution < -0.4 is 0 Å². The summed E-state index contributed by atoms with van der Waals surface area (Å²) in [5, 5.41) is 0. The highest BCUT2D eigenvalue weighted by Gasteiger charge is 2.45. The maximum atomic E-state index is 5.37. The molecule has 1 aliphatic carbocycles. The van der Waals surface area contributed by atoms with E-state index in [4.69, 9.17) is 4.74 Å². The second-order valence-electron chi connectivity index (χ2n) is 3.39. The van der Waals surface area contributed by atoms with Crippen LogP contribution in [0.5, 0.6) is 0 Å². The number of rotatable bonds is 1. The van der Waals surface area contributed by atoms with Gasteiger partial charge < -0.3 is 4.74 Å². The van der Waals surface area contributed by atoms with Gasteiger partial charge in [-0.05, 0) is 13.3 Å². The molecule has 0 radical (unpaired) electrons. The molecule has 60 valence electrons. The van der Waals surface area contributed by atoms with Crippen LogP contribution in [-0.2, 0) is 4.74 Å². The van der Waals surface area contributed by atoms with Crippen LogP contribution in [0.15, 0.2) is 22.7 Å². The van der Waals surface area contributed by atoms with Crippen molar-refractivity contribution >= 4 is 15.9 Å². The van der Waals surface area contributed by atoms with Crippen molar-refractivity contribution < 1.29 is 4.74 Å². The van der Waals surface area contributed by atoms with Crippen molar-refractivity contribution in [2.75, 3.05) is 6.61 Å². The summed E-state index contributed by atoms with van der Waals surface area (Å²) in [6.45, 7) is 3.10. The van der Waals surface area contributed by atoms with Crippen molar-refractivity contribution in [3.63, 3.8) is 0 Å². The minimum atomic E-state index is 0.153. The topological polar surface area (TPSA) is 12.5 Å². The van der Waals surface area contributed by atoms with E-state index in [9.17, 15) is 0 Å². The summed E-state index contributed by atoms with van der Waals surface area (Å²) in [5.74, 6) is 0.587. The second-order valence-corrected chi connectivity index (χ2v) is 4.31. The van der Waals surface area contributed by atoms with Gasteiger partial charge in [0.15, 0.2) is 0 Å². The Balaban J connectivity index is 2.06. The molecule has 0 N–H and O–H groups in total. The number of allylic oxidation sites excluding steroid dienone is 3. The third-order valence-corrected chi connectivity index (χ3v) is 3.03. The second kappa shape index (κ2) is 2.46. The summed E-state index contributed by atoms with van der Waals surface area (Å²) >= 11 is 3.44. The third-order valence-electron chi connectivity index (χ3n) is 2.44. The molecule has 1 fully saturated rings. The van der Waals surface area contributed by atoms with Crippen LogP contribution in [0.2, 0.25) is 0 Å². The highest BCUT2D eigenvalue weighted by molar-refractivity contribution is 9.11. The summed E-state index contributed by atoms with van der Waals surface area (Å²) in [6.07, 6.45) is 7.66. The van der Waals surface area contributed by atoms with Crippen LogP contribution in [0.4, 0.5) is 0 Å². The third kappa shape index (κ3) is 1.42. The lowest BCUT2D eigenvalue weighted by Gasteiger charge is -2.17. The Hall–Kier alpha value is -0.0800. The van der Waals surface area contributed by atoms with Crippen molar-refractivity contribution in [2.45, 2.75) is 18.9 Å². The molecule has 1 aliphatic heterocycles. The molecule has 11 heavy (non-hydrogen) atoms. The Labute approximate surface area is 75.2 Å². The summed E-state index contributed by atoms with van der Waals surface area (Å²) < 4.78 is 6.57. The van der Waals surface area contributed by atoms with Crippen LogP contribution >= 0.6 is 15.9 Å². The zero-order valence-corrected chi connectivity index (χ0v) is 8.10. The van der Waals surface area contributed by atoms with E-state index in [0.717, 1.165) is 13.0 Å². The molecule has 1 nitrogen and oxygen atoms in total. The minimum absolute atomic E-state index is 0.153. The number of epoxide rings is 1. The fourth-order valence-electron chi connectivity index (χ4n) is 1.37. The predicted molar refractivity (Wildman–Crippen MR) is 48.6 cm³/mol. The molecule has 0 aromatic carbocycles. The molecule has 2 rings (SSSR count). The van der Waals surface area contributed by atoms with Gasteiger partial charge in [0.2, 0.25) is 0 Å². The normalized spacial score (nSPS) is 42.0. The monoisotopic (exact) mass is 214 g/mol. The summed E-state index contributed by atoms with van der Waals surface area (Å²) in [7, 11) is 0. The lowest BCUT2D eigenvalue weighted by molar-refractivity contribution is 0.266. The fraction of sp³-hybridized carbons (Fsp3) is 0.556. The quantitative estimate of drug-likeness (QED) is 0.612. The Morgan fingerprint density at radius 2 is 2.45 bits per heavy atom. The van der Waals surface area contributed by atoms with Crippen LogP contribution in [0, 0.1) is 5.92 Å². The van der Waals surface area contributed by atoms with Gasteiger partial charge in [-0.15, -0.1) is 0 Å². The van der Waals surface area contributed by atoms with E-state index in [1.165, 1.54) is 4.48 Å². The first-order chi connectivity index (χ1) is 5.21. The molecule has 0 aromatic rings. The van der Waals surface area contributed by atoms with Crippen molar-refractivity contribution in [3.05, 3.63) is 22.7 Å². The van der Waals surface area contributed by atoms with E-state index in [2.05, 4.69) is 41.1 Å². The Kier molecular flexibility index (Phi) is 1.69. The van der Waals surface area contributed by atoms with Gasteiger partial charge in [0.25, 0.3) is 0 Å². The highest BCUT2D eigenvalue weighted by atomic mass is 79.9. The Morgan fingerprint density at radius 1 is 1.73 bits per heavy atom. The fourth-order valence-corrected chi connectivity index (χ4v) is 1.71. The molecule has 2 aliphatic rings. The highest BCUT2D eigenvalue weighted by Crippen LogP contribution is 2.39. The maximum Gasteiger partial charge on any atom is 0.0953 e. The largest absolute Gasteiger partial charge is 0.369 e. The Morgan fingerprint density at radius 3 is 2.91 bits per heavy atom. The van der Waals surface area contributed by atoms with Crippen molar-refractivity contribution in [1.82, 2.24) is 0 Å². The molecule has 0 bridgehead atoms. The molecule has 2 atom stereocenters. The SMILES string of the molecule is CC1(C2C=CC(Br)=CC2)CO1. The van der Waals surface area contributed by atoms with Crippen molar-refractivity contribution in [1.29, 1.82) is 0 Å². The number of hydrogen-bond acceptors (Lipinski definition) is 1. The van der Waals surface area contributed by atoms with Gasteiger partial charge >= 0.3 is 0 Å². The zero-order valence-electron chi connectivity index (χ0n) is 6.51. The maximum absolute atomic E-state index is 5.37. The summed E-state index contributed by atoms with van der Waals surface area (Å²) in [4.78, 5) is 0. The molecule has 0 amide bonds. The Bertz CT molecular complexity index is 226. The first kappa shape index (κ1) is 7.56. The first-order valence-corrected chi connectivity index (χ1v) is 4.68. The van der Waals surface area contributed by atoms with E-state index >= 15 is 0 Å². The van der Waals surface area contributed by atoms with Gasteiger partial charge in [0, 0.05) is 10.4 Å². The van der Waals surface area contributed by atoms with Crippen LogP contribution in [0.1, 0.15) is 13.3 Å². The summed E-state index contributed by atoms with van der Waals surface area (Å²) in [5.41, 5.74) is 0.153. The van der Waals surface area contributed by atoms with E-state index in [-0.39, 0.29) is 5.60 Å². The zero-order chi connectivity index (χ0) is 7.90. The van der Waals surface area contributed by atoms with Crippen LogP contribution in [0.25, 0.3) is 0 Å². The molecule has 0 saturated carbocycles. The smallest absolute Gasteiger partial charge is 0.0953 e. The lowest BCUT2D eigenvalue weighted by atomic mass is 9.89. The number of hydrogen-bond donors (Lipinski definition) is 0. The molecule has 1 heterocycles. The predicted octanol–water partition coefficient (Wildman–Crippen LogP) is 2.63. The van der Waals surface area contributed by atoms with E-state index in [0.29, 0.717) is 5.92 Å². The molecule has 2 heteroatoms. The lowest BCUT2D eigenvalue weighted by Crippen LogP contribution is -2.18. The molecule has 2 unspecified atom stereocenters.